The number of methoxy groups -OCH3 is 1. The predicted octanol–water partition coefficient (Wildman–Crippen LogP) is 4.43. The first-order valence-electron chi connectivity index (χ1n) is 10.1. The smallest absolute Gasteiger partial charge is 0.322 e. The van der Waals surface area contributed by atoms with E-state index in [0.717, 1.165) is 22.4 Å². The van der Waals surface area contributed by atoms with Crippen molar-refractivity contribution in [3.05, 3.63) is 94.5 Å². The van der Waals surface area contributed by atoms with Gasteiger partial charge in [0, 0.05) is 17.8 Å². The van der Waals surface area contributed by atoms with E-state index in [1.54, 1.807) is 25.3 Å². The molecule has 0 bridgehead atoms. The zero-order valence-corrected chi connectivity index (χ0v) is 17.6. The maximum Gasteiger partial charge on any atom is 0.322 e. The van der Waals surface area contributed by atoms with E-state index in [-0.39, 0.29) is 12.1 Å². The van der Waals surface area contributed by atoms with Crippen LogP contribution < -0.4 is 15.8 Å². The first kappa shape index (κ1) is 20.5. The monoisotopic (exact) mass is 415 g/mol. The number of fused-ring (bicyclic) bond motifs is 1. The third-order valence-electron chi connectivity index (χ3n) is 5.74. The molecule has 3 aromatic rings. The van der Waals surface area contributed by atoms with Crippen LogP contribution in [0.3, 0.4) is 0 Å². The van der Waals surface area contributed by atoms with Crippen LogP contribution in [0.1, 0.15) is 38.7 Å². The van der Waals surface area contributed by atoms with Crippen LogP contribution in [0, 0.1) is 6.92 Å². The number of anilines is 1. The van der Waals surface area contributed by atoms with E-state index >= 15 is 0 Å². The Bertz CT molecular complexity index is 1130. The molecule has 1 aliphatic heterocycles. The molecule has 0 radical (unpaired) electrons. The number of nitrogens with two attached hydrogens (primary N) is 1. The molecule has 0 saturated heterocycles. The first-order chi connectivity index (χ1) is 15.0. The van der Waals surface area contributed by atoms with Crippen molar-refractivity contribution in [3.8, 4) is 5.75 Å². The van der Waals surface area contributed by atoms with Crippen molar-refractivity contribution >= 4 is 17.6 Å². The van der Waals surface area contributed by atoms with Crippen LogP contribution in [-0.2, 0) is 13.0 Å². The van der Waals surface area contributed by atoms with Gasteiger partial charge in [0.15, 0.2) is 0 Å². The summed E-state index contributed by atoms with van der Waals surface area (Å²) in [6.07, 6.45) is 0.706. The lowest BCUT2D eigenvalue weighted by molar-refractivity contribution is 0.0999. The number of primary amides is 1. The zero-order valence-electron chi connectivity index (χ0n) is 17.6. The van der Waals surface area contributed by atoms with Crippen LogP contribution in [0.25, 0.3) is 0 Å². The summed E-state index contributed by atoms with van der Waals surface area (Å²) in [6, 6.07) is 20.8. The Labute approximate surface area is 181 Å². The van der Waals surface area contributed by atoms with E-state index in [9.17, 15) is 9.59 Å². The topological polar surface area (TPSA) is 84.7 Å². The highest BCUT2D eigenvalue weighted by atomic mass is 16.5. The number of carbonyl (C=O) groups excluding carboxylic acids is 2. The second-order valence-corrected chi connectivity index (χ2v) is 7.72. The van der Waals surface area contributed by atoms with Gasteiger partial charge >= 0.3 is 6.03 Å². The fourth-order valence-electron chi connectivity index (χ4n) is 4.03. The maximum atomic E-state index is 13.3. The van der Waals surface area contributed by atoms with Crippen molar-refractivity contribution in [1.82, 2.24) is 4.90 Å². The largest absolute Gasteiger partial charge is 0.497 e. The Morgan fingerprint density at radius 1 is 1.03 bits per heavy atom. The highest BCUT2D eigenvalue weighted by Crippen LogP contribution is 2.35. The lowest BCUT2D eigenvalue weighted by Crippen LogP contribution is -2.41. The van der Waals surface area contributed by atoms with Crippen LogP contribution in [0.4, 0.5) is 10.5 Å². The second-order valence-electron chi connectivity index (χ2n) is 7.72. The molecule has 3 N–H and O–H groups in total. The fourth-order valence-corrected chi connectivity index (χ4v) is 4.03. The molecule has 4 rings (SSSR count). The summed E-state index contributed by atoms with van der Waals surface area (Å²) in [5, 5.41) is 2.94. The molecule has 0 spiro atoms. The molecule has 0 fully saturated rings. The molecule has 0 saturated carbocycles. The normalized spacial score (nSPS) is 15.2. The molecule has 1 atom stereocenters. The predicted molar refractivity (Wildman–Crippen MR) is 120 cm³/mol. The van der Waals surface area contributed by atoms with Crippen molar-refractivity contribution in [3.63, 3.8) is 0 Å². The van der Waals surface area contributed by atoms with Crippen LogP contribution in [0.2, 0.25) is 0 Å². The molecule has 0 aliphatic carbocycles. The molecule has 1 heterocycles. The summed E-state index contributed by atoms with van der Waals surface area (Å²) in [6.45, 7) is 2.26. The van der Waals surface area contributed by atoms with E-state index in [1.807, 2.05) is 54.3 Å². The number of nitrogens with zero attached hydrogens (tertiary/aromatic N) is 1. The Kier molecular flexibility index (Phi) is 5.62. The second kappa shape index (κ2) is 8.52. The maximum absolute atomic E-state index is 13.3. The average molecular weight is 415 g/mol. The fraction of sp³-hybridized carbons (Fsp3) is 0.200. The summed E-state index contributed by atoms with van der Waals surface area (Å²) < 4.78 is 5.37. The van der Waals surface area contributed by atoms with Gasteiger partial charge in [0.05, 0.1) is 13.2 Å². The zero-order chi connectivity index (χ0) is 22.0. The minimum absolute atomic E-state index is 0.108. The highest BCUT2D eigenvalue weighted by Gasteiger charge is 2.31. The van der Waals surface area contributed by atoms with Crippen molar-refractivity contribution in [2.75, 3.05) is 12.4 Å². The molecular formula is C25H25N3O3. The van der Waals surface area contributed by atoms with Crippen LogP contribution >= 0.6 is 0 Å². The molecule has 1 unspecified atom stereocenters. The molecule has 158 valence electrons. The Balaban J connectivity index is 1.66. The van der Waals surface area contributed by atoms with Crippen LogP contribution in [0.5, 0.6) is 5.75 Å². The molecule has 3 aromatic carbocycles. The van der Waals surface area contributed by atoms with Gasteiger partial charge in [-0.25, -0.2) is 4.79 Å². The molecule has 3 amide bonds. The molecular weight excluding hydrogens is 390 g/mol. The molecule has 6 nitrogen and oxygen atoms in total. The number of nitrogens with one attached hydrogen (secondary N) is 1. The number of rotatable bonds is 4. The van der Waals surface area contributed by atoms with Gasteiger partial charge in [-0.1, -0.05) is 42.5 Å². The number of hydrogen-bond acceptors (Lipinski definition) is 3. The minimum atomic E-state index is -0.519. The van der Waals surface area contributed by atoms with Gasteiger partial charge in [-0.15, -0.1) is 0 Å². The number of amides is 3. The van der Waals surface area contributed by atoms with E-state index in [0.29, 0.717) is 24.2 Å². The third-order valence-corrected chi connectivity index (χ3v) is 5.74. The summed E-state index contributed by atoms with van der Waals surface area (Å²) in [7, 11) is 1.63. The van der Waals surface area contributed by atoms with Crippen molar-refractivity contribution < 1.29 is 14.3 Å². The highest BCUT2D eigenvalue weighted by molar-refractivity contribution is 5.97. The van der Waals surface area contributed by atoms with Gasteiger partial charge in [-0.2, -0.15) is 0 Å². The van der Waals surface area contributed by atoms with Gasteiger partial charge in [0.2, 0.25) is 5.91 Å². The Morgan fingerprint density at radius 3 is 2.52 bits per heavy atom. The van der Waals surface area contributed by atoms with E-state index in [4.69, 9.17) is 10.5 Å². The van der Waals surface area contributed by atoms with Gasteiger partial charge in [0.1, 0.15) is 5.75 Å². The molecule has 0 aromatic heterocycles. The quantitative estimate of drug-likeness (QED) is 0.661. The summed E-state index contributed by atoms with van der Waals surface area (Å²) in [4.78, 5) is 26.9. The summed E-state index contributed by atoms with van der Waals surface area (Å²) in [5.74, 6) is 0.247. The van der Waals surface area contributed by atoms with Crippen LogP contribution in [0.15, 0.2) is 66.7 Å². The lowest BCUT2D eigenvalue weighted by atomic mass is 9.90. The minimum Gasteiger partial charge on any atom is -0.497 e. The Morgan fingerprint density at radius 2 is 1.81 bits per heavy atom. The van der Waals surface area contributed by atoms with Gasteiger partial charge in [0.25, 0.3) is 0 Å². The van der Waals surface area contributed by atoms with Crippen molar-refractivity contribution in [1.29, 1.82) is 0 Å². The number of benzene rings is 3. The molecule has 1 aliphatic rings. The number of carbonyl (C=O) groups is 2. The molecule has 6 heteroatoms. The third kappa shape index (κ3) is 4.23. The molecule has 31 heavy (non-hydrogen) atoms. The SMILES string of the molecule is COc1ccc2c(c1)CN(C(=O)Nc1ccc(C)c(C(N)=O)c1)C(c1ccccc1)C2. The van der Waals surface area contributed by atoms with E-state index in [1.165, 1.54) is 5.56 Å². The standard InChI is InChI=1S/C25H25N3O3/c1-16-8-10-20(14-22(16)24(26)29)27-25(30)28-15-19-12-21(31-2)11-9-18(19)13-23(28)17-6-4-3-5-7-17/h3-12,14,23H,13,15H2,1-2H3,(H2,26,29)(H,27,30). The average Bonchev–Trinajstić information content (AvgIpc) is 2.79. The van der Waals surface area contributed by atoms with Gasteiger partial charge < -0.3 is 20.7 Å². The summed E-state index contributed by atoms with van der Waals surface area (Å²) in [5.41, 5.74) is 10.5. The number of ether oxygens (including phenoxy) is 1. The van der Waals surface area contributed by atoms with Crippen LogP contribution in [-0.4, -0.2) is 23.9 Å². The van der Waals surface area contributed by atoms with Gasteiger partial charge in [-0.05, 0) is 59.9 Å². The lowest BCUT2D eigenvalue weighted by Gasteiger charge is -2.37. The number of aryl methyl sites for hydroxylation is 1. The van der Waals surface area contributed by atoms with Gasteiger partial charge in [-0.3, -0.25) is 4.79 Å². The van der Waals surface area contributed by atoms with Crippen molar-refractivity contribution in [2.24, 2.45) is 5.73 Å². The van der Waals surface area contributed by atoms with E-state index in [2.05, 4.69) is 11.4 Å². The Hall–Kier alpha value is -3.80. The van der Waals surface area contributed by atoms with E-state index < -0.39 is 5.91 Å². The summed E-state index contributed by atoms with van der Waals surface area (Å²) >= 11 is 0. The number of hydrogen-bond donors (Lipinski definition) is 2. The number of urea groups is 1. The van der Waals surface area contributed by atoms with Crippen molar-refractivity contribution in [2.45, 2.75) is 25.9 Å². The first-order valence-corrected chi connectivity index (χ1v) is 10.1.